The minimum absolute atomic E-state index is 0.141. The molecule has 1 aliphatic rings. The fourth-order valence-corrected chi connectivity index (χ4v) is 1.85. The monoisotopic (exact) mass is 192 g/mol. The summed E-state index contributed by atoms with van der Waals surface area (Å²) in [5.74, 6) is 0.907. The molecule has 0 aliphatic carbocycles. The molecule has 0 bridgehead atoms. The summed E-state index contributed by atoms with van der Waals surface area (Å²) in [6.07, 6.45) is 4.05. The fraction of sp³-hybridized carbons (Fsp3) is 0.545. The molecular formula is C11H16N2O. The van der Waals surface area contributed by atoms with E-state index in [0.29, 0.717) is 5.69 Å². The van der Waals surface area contributed by atoms with Crippen molar-refractivity contribution in [3.05, 3.63) is 24.0 Å². The summed E-state index contributed by atoms with van der Waals surface area (Å²) < 4.78 is 0. The Labute approximate surface area is 84.1 Å². The minimum atomic E-state index is 0.141. The number of likely N-dealkylation sites (tertiary alicyclic amines) is 1. The molecule has 0 unspecified atom stereocenters. The largest absolute Gasteiger partial charge is 0.357 e. The minimum Gasteiger partial charge on any atom is -0.357 e. The number of aromatic nitrogens is 1. The number of nitrogens with one attached hydrogen (secondary N) is 1. The first kappa shape index (κ1) is 9.31. The first-order valence-corrected chi connectivity index (χ1v) is 5.20. The molecule has 0 aromatic carbocycles. The maximum absolute atomic E-state index is 11.9. The van der Waals surface area contributed by atoms with Crippen molar-refractivity contribution < 1.29 is 4.79 Å². The first-order valence-electron chi connectivity index (χ1n) is 5.20. The number of hydrogen-bond acceptors (Lipinski definition) is 1. The summed E-state index contributed by atoms with van der Waals surface area (Å²) in [6.45, 7) is 4.05. The summed E-state index contributed by atoms with van der Waals surface area (Å²) in [5.41, 5.74) is 0.708. The molecule has 1 N–H and O–H groups in total. The van der Waals surface area contributed by atoms with E-state index in [0.717, 1.165) is 31.8 Å². The van der Waals surface area contributed by atoms with Crippen molar-refractivity contribution in [1.29, 1.82) is 0 Å². The molecule has 0 saturated carbocycles. The smallest absolute Gasteiger partial charge is 0.270 e. The highest BCUT2D eigenvalue weighted by molar-refractivity contribution is 5.92. The molecule has 0 atom stereocenters. The second kappa shape index (κ2) is 3.86. The van der Waals surface area contributed by atoms with Crippen LogP contribution in [-0.2, 0) is 0 Å². The highest BCUT2D eigenvalue weighted by Crippen LogP contribution is 2.17. The molecule has 1 aliphatic heterocycles. The third-order valence-electron chi connectivity index (χ3n) is 2.90. The van der Waals surface area contributed by atoms with Crippen LogP contribution < -0.4 is 0 Å². The maximum Gasteiger partial charge on any atom is 0.270 e. The van der Waals surface area contributed by atoms with E-state index < -0.39 is 0 Å². The Bertz CT molecular complexity index is 297. The Morgan fingerprint density at radius 2 is 2.21 bits per heavy atom. The van der Waals surface area contributed by atoms with Crippen LogP contribution in [0.15, 0.2) is 18.3 Å². The van der Waals surface area contributed by atoms with Gasteiger partial charge in [-0.05, 0) is 30.9 Å². The number of H-pyrrole nitrogens is 1. The predicted octanol–water partition coefficient (Wildman–Crippen LogP) is 1.89. The predicted molar refractivity (Wildman–Crippen MR) is 55.1 cm³/mol. The van der Waals surface area contributed by atoms with Crippen molar-refractivity contribution in [2.24, 2.45) is 5.92 Å². The summed E-state index contributed by atoms with van der Waals surface area (Å²) in [6, 6.07) is 3.69. The lowest BCUT2D eigenvalue weighted by molar-refractivity contribution is 0.0692. The average Bonchev–Trinajstić information content (AvgIpc) is 2.71. The zero-order valence-corrected chi connectivity index (χ0v) is 8.49. The van der Waals surface area contributed by atoms with Crippen molar-refractivity contribution >= 4 is 5.91 Å². The van der Waals surface area contributed by atoms with Crippen LogP contribution in [0.2, 0.25) is 0 Å². The average molecular weight is 192 g/mol. The third-order valence-corrected chi connectivity index (χ3v) is 2.90. The Balaban J connectivity index is 1.99. The van der Waals surface area contributed by atoms with Crippen LogP contribution in [0.4, 0.5) is 0 Å². The van der Waals surface area contributed by atoms with Gasteiger partial charge in [0.25, 0.3) is 5.91 Å². The Morgan fingerprint density at radius 1 is 1.50 bits per heavy atom. The van der Waals surface area contributed by atoms with Crippen molar-refractivity contribution in [1.82, 2.24) is 9.88 Å². The molecule has 3 heteroatoms. The normalized spacial score (nSPS) is 18.5. The molecule has 0 spiro atoms. The van der Waals surface area contributed by atoms with Gasteiger partial charge in [-0.15, -0.1) is 0 Å². The van der Waals surface area contributed by atoms with Crippen LogP contribution in [0.3, 0.4) is 0 Å². The maximum atomic E-state index is 11.9. The molecule has 76 valence electrons. The van der Waals surface area contributed by atoms with Crippen molar-refractivity contribution in [3.63, 3.8) is 0 Å². The summed E-state index contributed by atoms with van der Waals surface area (Å²) in [5, 5.41) is 0. The summed E-state index contributed by atoms with van der Waals surface area (Å²) >= 11 is 0. The number of aromatic amines is 1. The van der Waals surface area contributed by atoms with Gasteiger partial charge in [0.1, 0.15) is 5.69 Å². The molecule has 1 amide bonds. The highest BCUT2D eigenvalue weighted by atomic mass is 16.2. The standard InChI is InChI=1S/C11H16N2O/c1-9-4-7-13(8-5-9)11(14)10-3-2-6-12-10/h2-3,6,9,12H,4-5,7-8H2,1H3. The van der Waals surface area contributed by atoms with Crippen molar-refractivity contribution in [2.45, 2.75) is 19.8 Å². The van der Waals surface area contributed by atoms with E-state index in [9.17, 15) is 4.79 Å². The SMILES string of the molecule is CC1CCN(C(=O)c2ccc[nH]2)CC1. The lowest BCUT2D eigenvalue weighted by atomic mass is 9.99. The number of hydrogen-bond donors (Lipinski definition) is 1. The van der Waals surface area contributed by atoms with Gasteiger partial charge in [0.15, 0.2) is 0 Å². The van der Waals surface area contributed by atoms with E-state index >= 15 is 0 Å². The molecule has 1 saturated heterocycles. The molecule has 3 nitrogen and oxygen atoms in total. The van der Waals surface area contributed by atoms with Crippen molar-refractivity contribution in [3.8, 4) is 0 Å². The number of carbonyl (C=O) groups is 1. The zero-order chi connectivity index (χ0) is 9.97. The van der Waals surface area contributed by atoms with Gasteiger partial charge in [-0.3, -0.25) is 4.79 Å². The molecule has 2 rings (SSSR count). The molecule has 14 heavy (non-hydrogen) atoms. The number of amides is 1. The van der Waals surface area contributed by atoms with E-state index in [-0.39, 0.29) is 5.91 Å². The van der Waals surface area contributed by atoms with Gasteiger partial charge in [-0.1, -0.05) is 6.92 Å². The van der Waals surface area contributed by atoms with Crippen molar-refractivity contribution in [2.75, 3.05) is 13.1 Å². The highest BCUT2D eigenvalue weighted by Gasteiger charge is 2.21. The second-order valence-electron chi connectivity index (χ2n) is 4.06. The van der Waals surface area contributed by atoms with Gasteiger partial charge in [-0.2, -0.15) is 0 Å². The molecule has 2 heterocycles. The van der Waals surface area contributed by atoms with E-state index in [1.165, 1.54) is 0 Å². The van der Waals surface area contributed by atoms with Gasteiger partial charge in [0.05, 0.1) is 0 Å². The number of rotatable bonds is 1. The summed E-state index contributed by atoms with van der Waals surface area (Å²) in [4.78, 5) is 16.8. The Kier molecular flexibility index (Phi) is 2.57. The lowest BCUT2D eigenvalue weighted by Crippen LogP contribution is -2.38. The van der Waals surface area contributed by atoms with E-state index in [4.69, 9.17) is 0 Å². The quantitative estimate of drug-likeness (QED) is 0.724. The van der Waals surface area contributed by atoms with Gasteiger partial charge in [-0.25, -0.2) is 0 Å². The van der Waals surface area contributed by atoms with Crippen LogP contribution in [0.1, 0.15) is 30.3 Å². The lowest BCUT2D eigenvalue weighted by Gasteiger charge is -2.29. The molecule has 0 radical (unpaired) electrons. The first-order chi connectivity index (χ1) is 6.77. The molecular weight excluding hydrogens is 176 g/mol. The number of nitrogens with zero attached hydrogens (tertiary/aromatic N) is 1. The second-order valence-corrected chi connectivity index (χ2v) is 4.06. The van der Waals surface area contributed by atoms with Gasteiger partial charge in [0, 0.05) is 19.3 Å². The van der Waals surface area contributed by atoms with Crippen LogP contribution >= 0.6 is 0 Å². The van der Waals surface area contributed by atoms with Crippen LogP contribution in [0, 0.1) is 5.92 Å². The van der Waals surface area contributed by atoms with Gasteiger partial charge in [0.2, 0.25) is 0 Å². The molecule has 1 fully saturated rings. The van der Waals surface area contributed by atoms with Crippen LogP contribution in [0.25, 0.3) is 0 Å². The number of piperidine rings is 1. The van der Waals surface area contributed by atoms with Gasteiger partial charge < -0.3 is 9.88 Å². The fourth-order valence-electron chi connectivity index (χ4n) is 1.85. The zero-order valence-electron chi connectivity index (χ0n) is 8.49. The Hall–Kier alpha value is -1.25. The summed E-state index contributed by atoms with van der Waals surface area (Å²) in [7, 11) is 0. The van der Waals surface area contributed by atoms with E-state index in [1.807, 2.05) is 17.0 Å². The van der Waals surface area contributed by atoms with E-state index in [2.05, 4.69) is 11.9 Å². The number of carbonyl (C=O) groups excluding carboxylic acids is 1. The Morgan fingerprint density at radius 3 is 2.79 bits per heavy atom. The third kappa shape index (κ3) is 1.81. The van der Waals surface area contributed by atoms with Crippen LogP contribution in [0.5, 0.6) is 0 Å². The molecule has 1 aromatic heterocycles. The van der Waals surface area contributed by atoms with Crippen LogP contribution in [-0.4, -0.2) is 28.9 Å². The topological polar surface area (TPSA) is 36.1 Å². The van der Waals surface area contributed by atoms with Gasteiger partial charge >= 0.3 is 0 Å². The molecule has 1 aromatic rings. The van der Waals surface area contributed by atoms with E-state index in [1.54, 1.807) is 6.20 Å².